The van der Waals surface area contributed by atoms with E-state index in [1.165, 1.54) is 38.1 Å². The predicted molar refractivity (Wildman–Crippen MR) is 116 cm³/mol. The molecular weight excluding hydrogens is 467 g/mol. The lowest BCUT2D eigenvalue weighted by Gasteiger charge is -2.22. The van der Waals surface area contributed by atoms with Crippen molar-refractivity contribution in [2.24, 2.45) is 0 Å². The van der Waals surface area contributed by atoms with Gasteiger partial charge in [-0.25, -0.2) is 18.4 Å². The molecular formula is C18H20Cl2N6O4S. The van der Waals surface area contributed by atoms with E-state index in [9.17, 15) is 8.42 Å². The van der Waals surface area contributed by atoms with E-state index in [0.717, 1.165) is 0 Å². The third-order valence-corrected chi connectivity index (χ3v) is 6.60. The van der Waals surface area contributed by atoms with Crippen LogP contribution in [0.2, 0.25) is 10.0 Å². The van der Waals surface area contributed by atoms with Crippen molar-refractivity contribution in [3.05, 3.63) is 58.4 Å². The van der Waals surface area contributed by atoms with Crippen LogP contribution in [0.15, 0.2) is 36.7 Å². The average Bonchev–Trinajstić information content (AvgIpc) is 3.12. The number of anilines is 1. The van der Waals surface area contributed by atoms with Gasteiger partial charge in [0, 0.05) is 26.6 Å². The van der Waals surface area contributed by atoms with Crippen LogP contribution in [0.5, 0.6) is 0 Å². The van der Waals surface area contributed by atoms with Crippen LogP contribution in [0, 0.1) is 0 Å². The normalized spacial score (nSPS) is 13.7. The Bertz CT molecular complexity index is 1140. The molecule has 0 radical (unpaired) electrons. The Morgan fingerprint density at radius 1 is 1.13 bits per heavy atom. The number of para-hydroxylation sites is 1. The van der Waals surface area contributed by atoms with E-state index >= 15 is 0 Å². The molecule has 3 rings (SSSR count). The third-order valence-electron chi connectivity index (χ3n) is 4.39. The van der Waals surface area contributed by atoms with Gasteiger partial charge in [0.1, 0.15) is 18.0 Å². The molecule has 0 aliphatic heterocycles. The first-order valence-corrected chi connectivity index (χ1v) is 11.3. The molecule has 2 unspecified atom stereocenters. The van der Waals surface area contributed by atoms with Gasteiger partial charge in [-0.1, -0.05) is 35.3 Å². The fourth-order valence-electron chi connectivity index (χ4n) is 2.85. The highest BCUT2D eigenvalue weighted by molar-refractivity contribution is 7.93. The molecule has 13 heteroatoms. The number of nitrogens with zero attached hydrogens (tertiary/aromatic N) is 5. The molecule has 0 spiro atoms. The van der Waals surface area contributed by atoms with E-state index in [4.69, 9.17) is 32.7 Å². The van der Waals surface area contributed by atoms with E-state index in [-0.39, 0.29) is 18.4 Å². The summed E-state index contributed by atoms with van der Waals surface area (Å²) < 4.78 is 40.8. The minimum Gasteiger partial charge on any atom is -0.377 e. The number of aromatic nitrogens is 5. The first kappa shape index (κ1) is 23.4. The Hall–Kier alpha value is -2.31. The van der Waals surface area contributed by atoms with Crippen LogP contribution in [-0.4, -0.2) is 52.6 Å². The predicted octanol–water partition coefficient (Wildman–Crippen LogP) is 3.03. The number of hydrogen-bond donors (Lipinski definition) is 1. The third kappa shape index (κ3) is 5.13. The first-order valence-electron chi connectivity index (χ1n) is 8.98. The van der Waals surface area contributed by atoms with Crippen molar-refractivity contribution in [1.29, 1.82) is 0 Å². The Labute approximate surface area is 189 Å². The number of ether oxygens (including phenoxy) is 2. The SMILES string of the molecule is COCc1nnc(NS(=O)(=O)C(C)C(OC)c2ncc(Cl)cn2)n1-c1ccccc1Cl. The fourth-order valence-corrected chi connectivity index (χ4v) is 4.30. The lowest BCUT2D eigenvalue weighted by Crippen LogP contribution is -2.33. The molecule has 0 aliphatic carbocycles. The summed E-state index contributed by atoms with van der Waals surface area (Å²) in [5.74, 6) is 0.501. The molecule has 0 aliphatic rings. The van der Waals surface area contributed by atoms with Gasteiger partial charge in [0.15, 0.2) is 11.6 Å². The summed E-state index contributed by atoms with van der Waals surface area (Å²) in [5, 5.41) is 7.64. The summed E-state index contributed by atoms with van der Waals surface area (Å²) in [6, 6.07) is 6.91. The monoisotopic (exact) mass is 486 g/mol. The van der Waals surface area contributed by atoms with Crippen molar-refractivity contribution in [3.63, 3.8) is 0 Å². The van der Waals surface area contributed by atoms with Crippen LogP contribution in [0.4, 0.5) is 5.95 Å². The van der Waals surface area contributed by atoms with Gasteiger partial charge in [0.05, 0.1) is 15.7 Å². The second kappa shape index (κ2) is 9.88. The van der Waals surface area contributed by atoms with E-state index in [1.807, 2.05) is 0 Å². The van der Waals surface area contributed by atoms with Gasteiger partial charge in [-0.3, -0.25) is 9.29 Å². The summed E-state index contributed by atoms with van der Waals surface area (Å²) in [5.41, 5.74) is 0.496. The molecule has 0 bridgehead atoms. The van der Waals surface area contributed by atoms with Crippen LogP contribution in [0.3, 0.4) is 0 Å². The van der Waals surface area contributed by atoms with Crippen molar-refractivity contribution in [3.8, 4) is 5.69 Å². The number of rotatable bonds is 9. The minimum atomic E-state index is -4.02. The molecule has 31 heavy (non-hydrogen) atoms. The first-order chi connectivity index (χ1) is 14.8. The van der Waals surface area contributed by atoms with Crippen molar-refractivity contribution in [2.75, 3.05) is 18.9 Å². The van der Waals surface area contributed by atoms with Crippen molar-refractivity contribution in [1.82, 2.24) is 24.7 Å². The maximum Gasteiger partial charge on any atom is 0.243 e. The number of nitrogens with one attached hydrogen (secondary N) is 1. The maximum atomic E-state index is 13.2. The molecule has 0 saturated carbocycles. The molecule has 1 N–H and O–H groups in total. The molecule has 0 amide bonds. The van der Waals surface area contributed by atoms with Crippen LogP contribution < -0.4 is 4.72 Å². The quantitative estimate of drug-likeness (QED) is 0.489. The molecule has 166 valence electrons. The largest absolute Gasteiger partial charge is 0.377 e. The standard InChI is InChI=1S/C18H20Cl2N6O4S/c1-11(16(30-3)17-21-8-12(19)9-22-17)31(27,28)25-18-24-23-15(10-29-2)26(18)14-7-5-4-6-13(14)20/h4-9,11,16H,10H2,1-3H3,(H,24,25). The molecule has 0 saturated heterocycles. The Morgan fingerprint density at radius 3 is 2.42 bits per heavy atom. The van der Waals surface area contributed by atoms with E-state index < -0.39 is 21.4 Å². The van der Waals surface area contributed by atoms with Crippen molar-refractivity contribution >= 4 is 39.2 Å². The van der Waals surface area contributed by atoms with Crippen LogP contribution >= 0.6 is 23.2 Å². The van der Waals surface area contributed by atoms with Gasteiger partial charge in [0.25, 0.3) is 0 Å². The number of methoxy groups -OCH3 is 2. The van der Waals surface area contributed by atoms with Crippen LogP contribution in [-0.2, 0) is 26.1 Å². The highest BCUT2D eigenvalue weighted by Crippen LogP contribution is 2.28. The number of benzene rings is 1. The van der Waals surface area contributed by atoms with Gasteiger partial charge >= 0.3 is 0 Å². The minimum absolute atomic E-state index is 0.0427. The molecule has 2 heterocycles. The molecule has 1 aromatic carbocycles. The Kier molecular flexibility index (Phi) is 7.44. The number of sulfonamides is 1. The molecule has 3 aromatic rings. The fraction of sp³-hybridized carbons (Fsp3) is 0.333. The van der Waals surface area contributed by atoms with Gasteiger partial charge < -0.3 is 9.47 Å². The van der Waals surface area contributed by atoms with E-state index in [0.29, 0.717) is 21.6 Å². The molecule has 0 fully saturated rings. The summed E-state index contributed by atoms with van der Waals surface area (Å²) >= 11 is 12.1. The van der Waals surface area contributed by atoms with E-state index in [1.54, 1.807) is 24.3 Å². The van der Waals surface area contributed by atoms with Gasteiger partial charge in [-0.15, -0.1) is 10.2 Å². The highest BCUT2D eigenvalue weighted by atomic mass is 35.5. The number of halogens is 2. The van der Waals surface area contributed by atoms with Crippen LogP contribution in [0.25, 0.3) is 5.69 Å². The molecule has 2 aromatic heterocycles. The zero-order valence-corrected chi connectivity index (χ0v) is 19.2. The number of hydrogen-bond acceptors (Lipinski definition) is 8. The molecule has 2 atom stereocenters. The van der Waals surface area contributed by atoms with E-state index in [2.05, 4.69) is 24.9 Å². The topological polar surface area (TPSA) is 121 Å². The average molecular weight is 487 g/mol. The summed E-state index contributed by atoms with van der Waals surface area (Å²) in [7, 11) is -1.16. The van der Waals surface area contributed by atoms with Gasteiger partial charge in [0.2, 0.25) is 16.0 Å². The Morgan fingerprint density at radius 2 is 1.81 bits per heavy atom. The van der Waals surface area contributed by atoms with Gasteiger partial charge in [-0.2, -0.15) is 0 Å². The lowest BCUT2D eigenvalue weighted by molar-refractivity contribution is 0.0950. The zero-order valence-electron chi connectivity index (χ0n) is 16.9. The second-order valence-corrected chi connectivity index (χ2v) is 9.31. The summed E-state index contributed by atoms with van der Waals surface area (Å²) in [6.45, 7) is 1.57. The zero-order chi connectivity index (χ0) is 22.6. The van der Waals surface area contributed by atoms with Crippen molar-refractivity contribution < 1.29 is 17.9 Å². The molecule has 10 nitrogen and oxygen atoms in total. The van der Waals surface area contributed by atoms with Gasteiger partial charge in [-0.05, 0) is 19.1 Å². The maximum absolute atomic E-state index is 13.2. The van der Waals surface area contributed by atoms with Crippen molar-refractivity contribution in [2.45, 2.75) is 24.9 Å². The van der Waals surface area contributed by atoms with Crippen LogP contribution in [0.1, 0.15) is 24.7 Å². The highest BCUT2D eigenvalue weighted by Gasteiger charge is 2.34. The summed E-state index contributed by atoms with van der Waals surface area (Å²) in [4.78, 5) is 8.14. The summed E-state index contributed by atoms with van der Waals surface area (Å²) in [6.07, 6.45) is 1.78. The second-order valence-electron chi connectivity index (χ2n) is 6.43. The smallest absolute Gasteiger partial charge is 0.243 e. The Balaban J connectivity index is 1.97. The lowest BCUT2D eigenvalue weighted by atomic mass is 10.2.